The SMILES string of the molecule is CC(=O)N1CCN(c2ccc(C(=O)NCCCc3ccccc3)nn2)CC1. The normalized spacial score (nSPS) is 14.1. The van der Waals surface area contributed by atoms with Gasteiger partial charge in [0.25, 0.3) is 5.91 Å². The van der Waals surface area contributed by atoms with Crippen LogP contribution < -0.4 is 10.2 Å². The van der Waals surface area contributed by atoms with E-state index in [1.165, 1.54) is 5.56 Å². The van der Waals surface area contributed by atoms with E-state index >= 15 is 0 Å². The van der Waals surface area contributed by atoms with Gasteiger partial charge in [0.2, 0.25) is 5.91 Å². The zero-order chi connectivity index (χ0) is 19.1. The molecule has 1 aromatic heterocycles. The molecule has 2 heterocycles. The van der Waals surface area contributed by atoms with E-state index in [0.29, 0.717) is 25.3 Å². The Labute approximate surface area is 159 Å². The van der Waals surface area contributed by atoms with E-state index in [1.807, 2.05) is 29.2 Å². The first-order valence-electron chi connectivity index (χ1n) is 9.30. The first-order valence-corrected chi connectivity index (χ1v) is 9.30. The molecule has 1 saturated heterocycles. The highest BCUT2D eigenvalue weighted by atomic mass is 16.2. The third kappa shape index (κ3) is 5.26. The molecule has 1 aliphatic heterocycles. The highest BCUT2D eigenvalue weighted by molar-refractivity contribution is 5.92. The monoisotopic (exact) mass is 367 g/mol. The van der Waals surface area contributed by atoms with Gasteiger partial charge in [-0.3, -0.25) is 9.59 Å². The van der Waals surface area contributed by atoms with Gasteiger partial charge in [-0.2, -0.15) is 0 Å². The van der Waals surface area contributed by atoms with Crippen molar-refractivity contribution in [3.05, 3.63) is 53.7 Å². The van der Waals surface area contributed by atoms with Crippen molar-refractivity contribution in [2.45, 2.75) is 19.8 Å². The molecule has 0 bridgehead atoms. The van der Waals surface area contributed by atoms with Crippen LogP contribution in [-0.4, -0.2) is 59.6 Å². The Morgan fingerprint density at radius 3 is 2.37 bits per heavy atom. The van der Waals surface area contributed by atoms with Gasteiger partial charge in [-0.05, 0) is 30.5 Å². The van der Waals surface area contributed by atoms with E-state index in [9.17, 15) is 9.59 Å². The van der Waals surface area contributed by atoms with Crippen LogP contribution in [0.3, 0.4) is 0 Å². The van der Waals surface area contributed by atoms with Gasteiger partial charge >= 0.3 is 0 Å². The quantitative estimate of drug-likeness (QED) is 0.783. The molecule has 1 N–H and O–H groups in total. The number of amides is 2. The maximum absolute atomic E-state index is 12.2. The maximum atomic E-state index is 12.2. The minimum Gasteiger partial charge on any atom is -0.352 e. The average Bonchev–Trinajstić information content (AvgIpc) is 2.72. The van der Waals surface area contributed by atoms with Crippen LogP contribution in [-0.2, 0) is 11.2 Å². The number of benzene rings is 1. The van der Waals surface area contributed by atoms with Gasteiger partial charge in [0.1, 0.15) is 0 Å². The van der Waals surface area contributed by atoms with Crippen LogP contribution in [0.2, 0.25) is 0 Å². The fraction of sp³-hybridized carbons (Fsp3) is 0.400. The molecule has 7 nitrogen and oxygen atoms in total. The van der Waals surface area contributed by atoms with Crippen LogP contribution >= 0.6 is 0 Å². The first kappa shape index (κ1) is 18.8. The van der Waals surface area contributed by atoms with E-state index in [2.05, 4.69) is 32.5 Å². The van der Waals surface area contributed by atoms with E-state index in [4.69, 9.17) is 0 Å². The molecule has 1 aliphatic rings. The molecule has 7 heteroatoms. The van der Waals surface area contributed by atoms with Crippen molar-refractivity contribution in [3.63, 3.8) is 0 Å². The van der Waals surface area contributed by atoms with Crippen molar-refractivity contribution in [2.24, 2.45) is 0 Å². The Morgan fingerprint density at radius 2 is 1.74 bits per heavy atom. The largest absolute Gasteiger partial charge is 0.352 e. The summed E-state index contributed by atoms with van der Waals surface area (Å²) in [5, 5.41) is 11.1. The molecule has 3 rings (SSSR count). The number of piperazine rings is 1. The average molecular weight is 367 g/mol. The zero-order valence-corrected chi connectivity index (χ0v) is 15.6. The number of hydrogen-bond acceptors (Lipinski definition) is 5. The number of carbonyl (C=O) groups is 2. The molecule has 142 valence electrons. The van der Waals surface area contributed by atoms with Crippen LogP contribution in [0.1, 0.15) is 29.4 Å². The van der Waals surface area contributed by atoms with E-state index in [0.717, 1.165) is 31.7 Å². The highest BCUT2D eigenvalue weighted by Gasteiger charge is 2.20. The van der Waals surface area contributed by atoms with Crippen molar-refractivity contribution in [2.75, 3.05) is 37.6 Å². The van der Waals surface area contributed by atoms with Crippen LogP contribution in [0.4, 0.5) is 5.82 Å². The summed E-state index contributed by atoms with van der Waals surface area (Å²) in [4.78, 5) is 27.5. The Hall–Kier alpha value is -2.96. The Bertz CT molecular complexity index is 756. The second-order valence-electron chi connectivity index (χ2n) is 6.61. The summed E-state index contributed by atoms with van der Waals surface area (Å²) < 4.78 is 0. The molecule has 2 aromatic rings. The molecular weight excluding hydrogens is 342 g/mol. The van der Waals surface area contributed by atoms with E-state index < -0.39 is 0 Å². The molecule has 2 amide bonds. The summed E-state index contributed by atoms with van der Waals surface area (Å²) in [6.45, 7) is 4.99. The van der Waals surface area contributed by atoms with Crippen molar-refractivity contribution >= 4 is 17.6 Å². The van der Waals surface area contributed by atoms with Gasteiger partial charge in [-0.1, -0.05) is 30.3 Å². The van der Waals surface area contributed by atoms with Crippen molar-refractivity contribution in [3.8, 4) is 0 Å². The minimum absolute atomic E-state index is 0.0972. The summed E-state index contributed by atoms with van der Waals surface area (Å²) in [6, 6.07) is 13.7. The topological polar surface area (TPSA) is 78.4 Å². The predicted octanol–water partition coefficient (Wildman–Crippen LogP) is 1.51. The molecule has 0 atom stereocenters. The van der Waals surface area contributed by atoms with Crippen LogP contribution in [0.15, 0.2) is 42.5 Å². The number of aryl methyl sites for hydroxylation is 1. The number of carbonyl (C=O) groups excluding carboxylic acids is 2. The smallest absolute Gasteiger partial charge is 0.271 e. The van der Waals surface area contributed by atoms with Crippen molar-refractivity contribution in [1.82, 2.24) is 20.4 Å². The summed E-state index contributed by atoms with van der Waals surface area (Å²) >= 11 is 0. The zero-order valence-electron chi connectivity index (χ0n) is 15.6. The van der Waals surface area contributed by atoms with Gasteiger partial charge < -0.3 is 15.1 Å². The van der Waals surface area contributed by atoms with Gasteiger partial charge in [-0.25, -0.2) is 0 Å². The fourth-order valence-corrected chi connectivity index (χ4v) is 3.10. The van der Waals surface area contributed by atoms with Gasteiger partial charge in [0.15, 0.2) is 11.5 Å². The third-order valence-electron chi connectivity index (χ3n) is 4.70. The summed E-state index contributed by atoms with van der Waals surface area (Å²) in [5.41, 5.74) is 1.58. The van der Waals surface area contributed by atoms with Crippen LogP contribution in [0.25, 0.3) is 0 Å². The fourth-order valence-electron chi connectivity index (χ4n) is 3.10. The Balaban J connectivity index is 1.44. The molecule has 1 fully saturated rings. The third-order valence-corrected chi connectivity index (χ3v) is 4.70. The molecular formula is C20H25N5O2. The maximum Gasteiger partial charge on any atom is 0.271 e. The summed E-state index contributed by atoms with van der Waals surface area (Å²) in [6.07, 6.45) is 1.81. The molecule has 1 aromatic carbocycles. The van der Waals surface area contributed by atoms with Crippen molar-refractivity contribution in [1.29, 1.82) is 0 Å². The summed E-state index contributed by atoms with van der Waals surface area (Å²) in [5.74, 6) is 0.627. The number of nitrogens with zero attached hydrogens (tertiary/aromatic N) is 4. The lowest BCUT2D eigenvalue weighted by molar-refractivity contribution is -0.129. The second kappa shape index (κ2) is 9.12. The van der Waals surface area contributed by atoms with Crippen molar-refractivity contribution < 1.29 is 9.59 Å². The highest BCUT2D eigenvalue weighted by Crippen LogP contribution is 2.13. The van der Waals surface area contributed by atoms with E-state index in [1.54, 1.807) is 13.0 Å². The molecule has 0 radical (unpaired) electrons. The standard InChI is InChI=1S/C20H25N5O2/c1-16(26)24-12-14-25(15-13-24)19-10-9-18(22-23-19)20(27)21-11-5-8-17-6-3-2-4-7-17/h2-4,6-7,9-10H,5,8,11-15H2,1H3,(H,21,27). The Morgan fingerprint density at radius 1 is 1.00 bits per heavy atom. The van der Waals surface area contributed by atoms with Gasteiger partial charge in [0.05, 0.1) is 0 Å². The first-order chi connectivity index (χ1) is 13.1. The summed E-state index contributed by atoms with van der Waals surface area (Å²) in [7, 11) is 0. The van der Waals surface area contributed by atoms with Crippen LogP contribution in [0.5, 0.6) is 0 Å². The molecule has 27 heavy (non-hydrogen) atoms. The Kier molecular flexibility index (Phi) is 6.35. The molecule has 0 aliphatic carbocycles. The second-order valence-corrected chi connectivity index (χ2v) is 6.61. The van der Waals surface area contributed by atoms with Gasteiger partial charge in [-0.15, -0.1) is 10.2 Å². The lowest BCUT2D eigenvalue weighted by Gasteiger charge is -2.34. The number of rotatable bonds is 6. The predicted molar refractivity (Wildman–Crippen MR) is 104 cm³/mol. The minimum atomic E-state index is -0.205. The lowest BCUT2D eigenvalue weighted by Crippen LogP contribution is -2.48. The molecule has 0 spiro atoms. The van der Waals surface area contributed by atoms with Crippen LogP contribution in [0, 0.1) is 0 Å². The number of nitrogens with one attached hydrogen (secondary N) is 1. The van der Waals surface area contributed by atoms with E-state index in [-0.39, 0.29) is 11.8 Å². The van der Waals surface area contributed by atoms with Gasteiger partial charge in [0, 0.05) is 39.6 Å². The lowest BCUT2D eigenvalue weighted by atomic mass is 10.1. The number of anilines is 1. The number of hydrogen-bond donors (Lipinski definition) is 1. The number of aromatic nitrogens is 2. The molecule has 0 unspecified atom stereocenters. The molecule has 0 saturated carbocycles.